The predicted octanol–water partition coefficient (Wildman–Crippen LogP) is 1.61. The van der Waals surface area contributed by atoms with E-state index in [1.807, 2.05) is 30.3 Å². The Hall–Kier alpha value is -2.99. The average Bonchev–Trinajstić information content (AvgIpc) is 2.57. The van der Waals surface area contributed by atoms with Crippen LogP contribution in [-0.4, -0.2) is 22.8 Å². The van der Waals surface area contributed by atoms with Crippen molar-refractivity contribution >= 4 is 17.7 Å². The Kier molecular flexibility index (Phi) is 5.11. The van der Waals surface area contributed by atoms with Crippen molar-refractivity contribution in [2.24, 2.45) is 5.90 Å². The SMILES string of the molecule is CC(=O)C(C(=O)O)(C(=O)ON)c1ccc(Cc2ccccc2)cc1. The maximum atomic E-state index is 11.9. The zero-order chi connectivity index (χ0) is 17.7. The van der Waals surface area contributed by atoms with E-state index in [9.17, 15) is 19.5 Å². The molecule has 24 heavy (non-hydrogen) atoms. The van der Waals surface area contributed by atoms with Gasteiger partial charge in [-0.1, -0.05) is 54.6 Å². The summed E-state index contributed by atoms with van der Waals surface area (Å²) in [5.41, 5.74) is -0.452. The molecule has 2 rings (SSSR count). The molecule has 2 aromatic carbocycles. The summed E-state index contributed by atoms with van der Waals surface area (Å²) in [5.74, 6) is 1.02. The molecule has 0 amide bonds. The lowest BCUT2D eigenvalue weighted by atomic mass is 9.77. The van der Waals surface area contributed by atoms with Gasteiger partial charge in [0.2, 0.25) is 5.41 Å². The maximum absolute atomic E-state index is 11.9. The quantitative estimate of drug-likeness (QED) is 0.616. The average molecular weight is 327 g/mol. The highest BCUT2D eigenvalue weighted by molar-refractivity contribution is 6.25. The van der Waals surface area contributed by atoms with Gasteiger partial charge in [0.05, 0.1) is 0 Å². The Morgan fingerprint density at radius 2 is 1.54 bits per heavy atom. The molecule has 0 heterocycles. The lowest BCUT2D eigenvalue weighted by molar-refractivity contribution is -0.164. The van der Waals surface area contributed by atoms with Crippen molar-refractivity contribution in [2.75, 3.05) is 0 Å². The van der Waals surface area contributed by atoms with Crippen LogP contribution in [0.4, 0.5) is 0 Å². The van der Waals surface area contributed by atoms with Gasteiger partial charge in [0, 0.05) is 0 Å². The monoisotopic (exact) mass is 327 g/mol. The predicted molar refractivity (Wildman–Crippen MR) is 86.0 cm³/mol. The summed E-state index contributed by atoms with van der Waals surface area (Å²) in [6.45, 7) is 1.02. The van der Waals surface area contributed by atoms with Crippen LogP contribution in [0, 0.1) is 0 Å². The van der Waals surface area contributed by atoms with Gasteiger partial charge in [-0.2, -0.15) is 5.90 Å². The Labute approximate surface area is 138 Å². The Morgan fingerprint density at radius 3 is 2.00 bits per heavy atom. The molecule has 6 nitrogen and oxygen atoms in total. The Bertz CT molecular complexity index is 739. The number of carboxylic acids is 1. The molecule has 0 saturated carbocycles. The minimum atomic E-state index is -2.46. The minimum Gasteiger partial charge on any atom is -0.480 e. The van der Waals surface area contributed by atoms with E-state index in [-0.39, 0.29) is 5.56 Å². The number of hydrogen-bond donors (Lipinski definition) is 2. The molecule has 0 aliphatic carbocycles. The zero-order valence-electron chi connectivity index (χ0n) is 13.1. The summed E-state index contributed by atoms with van der Waals surface area (Å²) in [4.78, 5) is 39.6. The number of carbonyl (C=O) groups is 3. The van der Waals surface area contributed by atoms with E-state index in [2.05, 4.69) is 4.84 Å². The molecule has 0 radical (unpaired) electrons. The van der Waals surface area contributed by atoms with Crippen LogP contribution in [0.15, 0.2) is 54.6 Å². The van der Waals surface area contributed by atoms with Crippen LogP contribution < -0.4 is 5.90 Å². The smallest absolute Gasteiger partial charge is 0.354 e. The number of Topliss-reactive ketones (excluding diaryl/α,β-unsaturated/α-hetero) is 1. The van der Waals surface area contributed by atoms with Gasteiger partial charge >= 0.3 is 11.9 Å². The third kappa shape index (κ3) is 3.04. The van der Waals surface area contributed by atoms with Crippen LogP contribution in [0.1, 0.15) is 23.6 Å². The molecule has 0 aliphatic rings. The molecule has 0 saturated heterocycles. The lowest BCUT2D eigenvalue weighted by Crippen LogP contribution is -2.51. The van der Waals surface area contributed by atoms with Crippen molar-refractivity contribution in [1.29, 1.82) is 0 Å². The molecule has 0 fully saturated rings. The van der Waals surface area contributed by atoms with Crippen LogP contribution in [0.5, 0.6) is 0 Å². The molecule has 6 heteroatoms. The van der Waals surface area contributed by atoms with Gasteiger partial charge in [-0.25, -0.2) is 4.79 Å². The highest BCUT2D eigenvalue weighted by atomic mass is 16.7. The van der Waals surface area contributed by atoms with Crippen molar-refractivity contribution < 1.29 is 24.3 Å². The van der Waals surface area contributed by atoms with Gasteiger partial charge in [-0.05, 0) is 30.0 Å². The van der Waals surface area contributed by atoms with Gasteiger partial charge in [0.1, 0.15) is 0 Å². The molecule has 0 aliphatic heterocycles. The van der Waals surface area contributed by atoms with E-state index >= 15 is 0 Å². The number of nitrogens with two attached hydrogens (primary N) is 1. The van der Waals surface area contributed by atoms with Gasteiger partial charge < -0.3 is 9.94 Å². The topological polar surface area (TPSA) is 107 Å². The van der Waals surface area contributed by atoms with E-state index in [1.165, 1.54) is 12.1 Å². The first-order chi connectivity index (χ1) is 11.4. The van der Waals surface area contributed by atoms with E-state index in [0.29, 0.717) is 6.42 Å². The number of benzene rings is 2. The molecule has 0 spiro atoms. The molecule has 0 bridgehead atoms. The second-order valence-electron chi connectivity index (χ2n) is 5.38. The maximum Gasteiger partial charge on any atom is 0.354 e. The fourth-order valence-corrected chi connectivity index (χ4v) is 2.62. The lowest BCUT2D eigenvalue weighted by Gasteiger charge is -2.23. The van der Waals surface area contributed by atoms with Crippen molar-refractivity contribution in [3.63, 3.8) is 0 Å². The summed E-state index contributed by atoms with van der Waals surface area (Å²) in [7, 11) is 0. The first-order valence-electron chi connectivity index (χ1n) is 7.21. The van der Waals surface area contributed by atoms with Crippen LogP contribution in [0.3, 0.4) is 0 Å². The van der Waals surface area contributed by atoms with Gasteiger partial charge in [-0.3, -0.25) is 9.59 Å². The largest absolute Gasteiger partial charge is 0.480 e. The number of aliphatic carboxylic acids is 1. The highest BCUT2D eigenvalue weighted by Crippen LogP contribution is 2.28. The summed E-state index contributed by atoms with van der Waals surface area (Å²) in [6, 6.07) is 15.9. The van der Waals surface area contributed by atoms with Gasteiger partial charge in [0.25, 0.3) is 0 Å². The molecule has 1 unspecified atom stereocenters. The summed E-state index contributed by atoms with van der Waals surface area (Å²) < 4.78 is 0. The number of rotatable bonds is 6. The Balaban J connectivity index is 2.40. The number of hydrogen-bond acceptors (Lipinski definition) is 5. The third-order valence-electron chi connectivity index (χ3n) is 3.90. The first kappa shape index (κ1) is 17.4. The number of ketones is 1. The molecular formula is C18H17NO5. The first-order valence-corrected chi connectivity index (χ1v) is 7.21. The number of carboxylic acid groups (broad SMARTS) is 1. The van der Waals surface area contributed by atoms with Crippen molar-refractivity contribution in [1.82, 2.24) is 0 Å². The molecular weight excluding hydrogens is 310 g/mol. The second-order valence-corrected chi connectivity index (χ2v) is 5.38. The van der Waals surface area contributed by atoms with Crippen molar-refractivity contribution in [3.8, 4) is 0 Å². The second kappa shape index (κ2) is 7.06. The van der Waals surface area contributed by atoms with Crippen molar-refractivity contribution in [2.45, 2.75) is 18.8 Å². The standard InChI is InChI=1S/C18H17NO5/c1-12(20)18(16(21)22,17(23)24-19)15-9-7-14(8-10-15)11-13-5-3-2-4-6-13/h2-10H,11,19H2,1H3,(H,21,22). The molecule has 124 valence electrons. The summed E-state index contributed by atoms with van der Waals surface area (Å²) in [5, 5.41) is 9.48. The van der Waals surface area contributed by atoms with E-state index in [1.54, 1.807) is 12.1 Å². The number of carbonyl (C=O) groups excluding carboxylic acids is 2. The van der Waals surface area contributed by atoms with Crippen LogP contribution in [0.25, 0.3) is 0 Å². The minimum absolute atomic E-state index is 0.00904. The zero-order valence-corrected chi connectivity index (χ0v) is 13.1. The third-order valence-corrected chi connectivity index (χ3v) is 3.90. The van der Waals surface area contributed by atoms with E-state index in [0.717, 1.165) is 18.1 Å². The molecule has 0 aromatic heterocycles. The van der Waals surface area contributed by atoms with Gasteiger partial charge in [0.15, 0.2) is 5.78 Å². The summed E-state index contributed by atoms with van der Waals surface area (Å²) >= 11 is 0. The Morgan fingerprint density at radius 1 is 1.00 bits per heavy atom. The molecule has 2 aromatic rings. The fraction of sp³-hybridized carbons (Fsp3) is 0.167. The van der Waals surface area contributed by atoms with Crippen LogP contribution >= 0.6 is 0 Å². The van der Waals surface area contributed by atoms with Gasteiger partial charge in [-0.15, -0.1) is 0 Å². The molecule has 3 N–H and O–H groups in total. The van der Waals surface area contributed by atoms with Crippen LogP contribution in [-0.2, 0) is 31.1 Å². The highest BCUT2D eigenvalue weighted by Gasteiger charge is 2.54. The fourth-order valence-electron chi connectivity index (χ4n) is 2.62. The van der Waals surface area contributed by atoms with E-state index in [4.69, 9.17) is 5.90 Å². The summed E-state index contributed by atoms with van der Waals surface area (Å²) in [6.07, 6.45) is 0.641. The van der Waals surface area contributed by atoms with Crippen molar-refractivity contribution in [3.05, 3.63) is 71.3 Å². The molecule has 1 atom stereocenters. The van der Waals surface area contributed by atoms with E-state index < -0.39 is 23.1 Å². The van der Waals surface area contributed by atoms with Crippen LogP contribution in [0.2, 0.25) is 0 Å². The normalized spacial score (nSPS) is 12.9.